The van der Waals surface area contributed by atoms with Crippen LogP contribution in [0.25, 0.3) is 0 Å². The van der Waals surface area contributed by atoms with Gasteiger partial charge in [0, 0.05) is 6.54 Å². The molecule has 0 aromatic rings. The zero-order valence-corrected chi connectivity index (χ0v) is 30.8. The van der Waals surface area contributed by atoms with E-state index in [0.717, 1.165) is 38.6 Å². The average molecular weight is 631 g/mol. The third kappa shape index (κ3) is 34.8. The van der Waals surface area contributed by atoms with Crippen LogP contribution in [0.2, 0.25) is 0 Å². The Bertz CT molecular complexity index is 538. The first-order valence-electron chi connectivity index (χ1n) is 19.3. The Kier molecular flexibility index (Phi) is 35.0. The number of rotatable bonds is 37. The van der Waals surface area contributed by atoms with Gasteiger partial charge in [0.2, 0.25) is 0 Å². The van der Waals surface area contributed by atoms with Gasteiger partial charge in [-0.1, -0.05) is 181 Å². The fourth-order valence-electron chi connectivity index (χ4n) is 5.70. The molecule has 0 heterocycles. The molecule has 0 saturated carbocycles. The second-order valence-corrected chi connectivity index (χ2v) is 15.2. The van der Waals surface area contributed by atoms with Gasteiger partial charge < -0.3 is 4.90 Å². The molecule has 0 fully saturated rings. The Morgan fingerprint density at radius 2 is 0.721 bits per heavy atom. The molecule has 0 spiro atoms. The van der Waals surface area contributed by atoms with Crippen LogP contribution in [-0.4, -0.2) is 45.3 Å². The molecular weight excluding hydrogens is 551 g/mol. The van der Waals surface area contributed by atoms with E-state index in [1.807, 2.05) is 0 Å². The van der Waals surface area contributed by atoms with Gasteiger partial charge in [0.05, 0.1) is 13.2 Å². The van der Waals surface area contributed by atoms with Gasteiger partial charge in [-0.2, -0.15) is 0 Å². The number of unbranched alkanes of at least 4 members (excludes halogenated alkanes) is 26. The lowest BCUT2D eigenvalue weighted by atomic mass is 10.0. The monoisotopic (exact) mass is 631 g/mol. The molecule has 0 aromatic carbocycles. The van der Waals surface area contributed by atoms with E-state index in [9.17, 15) is 4.57 Å². The summed E-state index contributed by atoms with van der Waals surface area (Å²) >= 11 is 0. The molecule has 0 rings (SSSR count). The van der Waals surface area contributed by atoms with E-state index in [2.05, 4.69) is 37.9 Å². The lowest BCUT2D eigenvalue weighted by Gasteiger charge is -2.20. The number of hydrogen-bond donors (Lipinski definition) is 1. The molecule has 0 radical (unpaired) electrons. The molecular formula is C37H79N2O3P. The van der Waals surface area contributed by atoms with Crippen molar-refractivity contribution in [3.05, 3.63) is 0 Å². The van der Waals surface area contributed by atoms with Crippen LogP contribution in [-0.2, 0) is 13.6 Å². The van der Waals surface area contributed by atoms with Crippen LogP contribution in [0.4, 0.5) is 0 Å². The Balaban J connectivity index is 3.85. The molecule has 260 valence electrons. The van der Waals surface area contributed by atoms with Crippen molar-refractivity contribution in [3.63, 3.8) is 0 Å². The normalized spacial score (nSPS) is 12.1. The zero-order chi connectivity index (χ0) is 31.5. The summed E-state index contributed by atoms with van der Waals surface area (Å²) in [7, 11) is 0.914. The molecule has 0 aliphatic carbocycles. The molecule has 0 bridgehead atoms. The van der Waals surface area contributed by atoms with Crippen LogP contribution in [0.1, 0.15) is 200 Å². The van der Waals surface area contributed by atoms with Crippen LogP contribution in [0.5, 0.6) is 0 Å². The summed E-state index contributed by atoms with van der Waals surface area (Å²) in [6.45, 7) is 7.24. The van der Waals surface area contributed by atoms with E-state index < -0.39 is 7.75 Å². The second-order valence-electron chi connectivity index (χ2n) is 13.4. The number of hydrogen-bond acceptors (Lipinski definition) is 4. The lowest BCUT2D eigenvalue weighted by molar-refractivity contribution is 0.189. The van der Waals surface area contributed by atoms with Crippen molar-refractivity contribution < 1.29 is 13.6 Å². The van der Waals surface area contributed by atoms with E-state index in [-0.39, 0.29) is 0 Å². The number of nitrogens with zero attached hydrogens (tertiary/aromatic N) is 1. The molecule has 1 N–H and O–H groups in total. The maximum atomic E-state index is 13.4. The summed E-state index contributed by atoms with van der Waals surface area (Å²) in [6, 6.07) is 0. The quantitative estimate of drug-likeness (QED) is 0.0547. The maximum Gasteiger partial charge on any atom is 0.405 e. The minimum atomic E-state index is -3.22. The van der Waals surface area contributed by atoms with Crippen molar-refractivity contribution in [1.82, 2.24) is 9.99 Å². The van der Waals surface area contributed by atoms with Crippen molar-refractivity contribution >= 4 is 7.75 Å². The first kappa shape index (κ1) is 43.1. The highest BCUT2D eigenvalue weighted by Crippen LogP contribution is 2.44. The topological polar surface area (TPSA) is 50.8 Å². The highest BCUT2D eigenvalue weighted by atomic mass is 31.2. The van der Waals surface area contributed by atoms with E-state index in [1.165, 1.54) is 154 Å². The van der Waals surface area contributed by atoms with Crippen LogP contribution in [0.15, 0.2) is 0 Å². The smallest absolute Gasteiger partial charge is 0.309 e. The number of nitrogens with one attached hydrogen (secondary N) is 1. The first-order chi connectivity index (χ1) is 21.0. The Hall–Kier alpha value is 0.0700. The molecule has 0 unspecified atom stereocenters. The van der Waals surface area contributed by atoms with E-state index >= 15 is 0 Å². The summed E-state index contributed by atoms with van der Waals surface area (Å²) in [4.78, 5) is 2.15. The molecule has 0 aliphatic rings. The Labute approximate surface area is 271 Å². The summed E-state index contributed by atoms with van der Waals surface area (Å²) < 4.78 is 25.1. The minimum Gasteiger partial charge on any atom is -0.309 e. The molecule has 5 nitrogen and oxygen atoms in total. The summed E-state index contributed by atoms with van der Waals surface area (Å²) in [6.07, 6.45) is 38.3. The average Bonchev–Trinajstić information content (AvgIpc) is 2.99. The molecule has 0 amide bonds. The first-order valence-corrected chi connectivity index (χ1v) is 20.9. The minimum absolute atomic E-state index is 0.523. The SMILES string of the molecule is CCCCCCCCCCCCCCCCOP(=O)(NCCCN(C)C)OCCCCCCCCCCCCCCCC. The molecule has 0 atom stereocenters. The highest BCUT2D eigenvalue weighted by molar-refractivity contribution is 7.51. The van der Waals surface area contributed by atoms with Crippen molar-refractivity contribution in [2.45, 2.75) is 200 Å². The summed E-state index contributed by atoms with van der Waals surface area (Å²) in [5, 5.41) is 3.14. The van der Waals surface area contributed by atoms with E-state index in [0.29, 0.717) is 19.8 Å². The molecule has 0 aromatic heterocycles. The predicted molar refractivity (Wildman–Crippen MR) is 191 cm³/mol. The van der Waals surface area contributed by atoms with Crippen LogP contribution >= 0.6 is 7.75 Å². The van der Waals surface area contributed by atoms with Gasteiger partial charge in [0.25, 0.3) is 0 Å². The van der Waals surface area contributed by atoms with E-state index in [4.69, 9.17) is 9.05 Å². The van der Waals surface area contributed by atoms with Gasteiger partial charge in [0.15, 0.2) is 0 Å². The van der Waals surface area contributed by atoms with Gasteiger partial charge >= 0.3 is 7.75 Å². The second kappa shape index (κ2) is 34.9. The van der Waals surface area contributed by atoms with Crippen LogP contribution < -0.4 is 5.09 Å². The largest absolute Gasteiger partial charge is 0.405 e. The molecule has 0 aliphatic heterocycles. The van der Waals surface area contributed by atoms with Gasteiger partial charge in [-0.3, -0.25) is 9.05 Å². The van der Waals surface area contributed by atoms with Crippen molar-refractivity contribution in [2.24, 2.45) is 0 Å². The molecule has 43 heavy (non-hydrogen) atoms. The third-order valence-electron chi connectivity index (χ3n) is 8.61. The van der Waals surface area contributed by atoms with Crippen molar-refractivity contribution in [1.29, 1.82) is 0 Å². The van der Waals surface area contributed by atoms with Gasteiger partial charge in [-0.25, -0.2) is 9.65 Å². The summed E-state index contributed by atoms with van der Waals surface area (Å²) in [5.41, 5.74) is 0. The Morgan fingerprint density at radius 3 is 1.00 bits per heavy atom. The fourth-order valence-corrected chi connectivity index (χ4v) is 7.13. The third-order valence-corrected chi connectivity index (χ3v) is 10.3. The molecule has 0 saturated heterocycles. The van der Waals surface area contributed by atoms with Crippen LogP contribution in [0, 0.1) is 0 Å². The maximum absolute atomic E-state index is 13.4. The standard InChI is InChI=1S/C37H79N2O3P/c1-5-7-9-11-13-15-17-19-21-23-25-27-29-31-36-41-43(40,38-34-33-35-39(3)4)42-37-32-30-28-26-24-22-20-18-16-14-12-10-8-6-2/h5-37H2,1-4H3,(H,38,40). The van der Waals surface area contributed by atoms with Gasteiger partial charge in [-0.15, -0.1) is 0 Å². The Morgan fingerprint density at radius 1 is 0.442 bits per heavy atom. The van der Waals surface area contributed by atoms with Crippen molar-refractivity contribution in [2.75, 3.05) is 40.4 Å². The lowest BCUT2D eigenvalue weighted by Crippen LogP contribution is -2.21. The van der Waals surface area contributed by atoms with Gasteiger partial charge in [-0.05, 0) is 39.9 Å². The zero-order valence-electron chi connectivity index (χ0n) is 30.0. The van der Waals surface area contributed by atoms with Gasteiger partial charge in [0.1, 0.15) is 0 Å². The van der Waals surface area contributed by atoms with Crippen molar-refractivity contribution in [3.8, 4) is 0 Å². The predicted octanol–water partition coefficient (Wildman–Crippen LogP) is 12.6. The summed E-state index contributed by atoms with van der Waals surface area (Å²) in [5.74, 6) is 0. The molecule has 6 heteroatoms. The fraction of sp³-hybridized carbons (Fsp3) is 1.00. The van der Waals surface area contributed by atoms with Crippen LogP contribution in [0.3, 0.4) is 0 Å². The highest BCUT2D eigenvalue weighted by Gasteiger charge is 2.23. The van der Waals surface area contributed by atoms with E-state index in [1.54, 1.807) is 0 Å².